The van der Waals surface area contributed by atoms with E-state index in [1.165, 1.54) is 83.3 Å². The minimum atomic E-state index is -1.26. The summed E-state index contributed by atoms with van der Waals surface area (Å²) in [5.41, 5.74) is 0.0427. The van der Waals surface area contributed by atoms with Crippen molar-refractivity contribution in [3.63, 3.8) is 0 Å². The molecule has 4 heteroatoms. The van der Waals surface area contributed by atoms with Crippen LogP contribution in [0.3, 0.4) is 0 Å². The molecule has 1 saturated carbocycles. The van der Waals surface area contributed by atoms with Crippen molar-refractivity contribution in [2.45, 2.75) is 110 Å². The number of unbranched alkanes of at least 4 members (excludes halogenated alkanes) is 8. The first-order chi connectivity index (χ1) is 16.4. The highest BCUT2D eigenvalue weighted by Crippen LogP contribution is 2.39. The SMILES string of the molecule is CCCCCCCCCCC[C@H]1CC[C@H](c2ccc(-c3cc(F)c(C)c(F)c3F)c(F)c2)CC1. The van der Waals surface area contributed by atoms with Crippen LogP contribution in [0.5, 0.6) is 0 Å². The second-order valence-corrected chi connectivity index (χ2v) is 10.2. The molecule has 0 bridgehead atoms. The van der Waals surface area contributed by atoms with Gasteiger partial charge < -0.3 is 0 Å². The first-order valence-electron chi connectivity index (χ1n) is 13.4. The molecule has 0 nitrogen and oxygen atoms in total. The second-order valence-electron chi connectivity index (χ2n) is 10.2. The number of rotatable bonds is 12. The third-order valence-corrected chi connectivity index (χ3v) is 7.71. The monoisotopic (exact) mass is 476 g/mol. The van der Waals surface area contributed by atoms with Crippen LogP contribution < -0.4 is 0 Å². The fraction of sp³-hybridized carbons (Fsp3) is 0.600. The van der Waals surface area contributed by atoms with Crippen molar-refractivity contribution in [3.8, 4) is 11.1 Å². The minimum absolute atomic E-state index is 0.0990. The maximum atomic E-state index is 14.9. The van der Waals surface area contributed by atoms with Crippen LogP contribution >= 0.6 is 0 Å². The highest BCUT2D eigenvalue weighted by molar-refractivity contribution is 5.66. The van der Waals surface area contributed by atoms with Gasteiger partial charge in [-0.15, -0.1) is 0 Å². The summed E-state index contributed by atoms with van der Waals surface area (Å²) in [6.07, 6.45) is 17.8. The standard InChI is InChI=1S/C30H40F4/c1-3-4-5-6-7-8-9-10-11-12-22-13-15-23(16-14-22)24-17-18-25(28(32)19-24)26-20-27(31)21(2)29(33)30(26)34/h17-20,22-23H,3-16H2,1-2H3/t22-,23-. The van der Waals surface area contributed by atoms with Gasteiger partial charge in [0.05, 0.1) is 0 Å². The Balaban J connectivity index is 1.45. The van der Waals surface area contributed by atoms with Crippen molar-refractivity contribution in [1.82, 2.24) is 0 Å². The Labute approximate surface area is 203 Å². The summed E-state index contributed by atoms with van der Waals surface area (Å²) in [5, 5.41) is 0. The lowest BCUT2D eigenvalue weighted by atomic mass is 9.77. The first-order valence-corrected chi connectivity index (χ1v) is 13.4. The van der Waals surface area contributed by atoms with Gasteiger partial charge in [-0.1, -0.05) is 83.3 Å². The van der Waals surface area contributed by atoms with Crippen LogP contribution in [0, 0.1) is 36.1 Å². The molecule has 0 radical (unpaired) electrons. The quantitative estimate of drug-likeness (QED) is 0.162. The number of halogens is 4. The molecule has 1 aliphatic rings. The third-order valence-electron chi connectivity index (χ3n) is 7.71. The van der Waals surface area contributed by atoms with E-state index in [9.17, 15) is 17.6 Å². The molecule has 0 unspecified atom stereocenters. The summed E-state index contributed by atoms with van der Waals surface area (Å²) in [4.78, 5) is 0. The van der Waals surface area contributed by atoms with E-state index in [1.807, 2.05) is 0 Å². The normalized spacial score (nSPS) is 18.4. The molecule has 188 valence electrons. The maximum Gasteiger partial charge on any atom is 0.167 e. The minimum Gasteiger partial charge on any atom is -0.207 e. The Bertz CT molecular complexity index is 913. The molecule has 1 aliphatic carbocycles. The Kier molecular flexibility index (Phi) is 10.5. The number of hydrogen-bond donors (Lipinski definition) is 0. The lowest BCUT2D eigenvalue weighted by Gasteiger charge is -2.29. The molecular weight excluding hydrogens is 436 g/mol. The van der Waals surface area contributed by atoms with Crippen molar-refractivity contribution in [1.29, 1.82) is 0 Å². The predicted octanol–water partition coefficient (Wildman–Crippen LogP) is 10.4. The van der Waals surface area contributed by atoms with Crippen LogP contribution in [0.25, 0.3) is 11.1 Å². The largest absolute Gasteiger partial charge is 0.207 e. The summed E-state index contributed by atoms with van der Waals surface area (Å²) in [6, 6.07) is 5.56. The topological polar surface area (TPSA) is 0 Å². The van der Waals surface area contributed by atoms with Gasteiger partial charge in [-0.25, -0.2) is 17.6 Å². The van der Waals surface area contributed by atoms with Gasteiger partial charge >= 0.3 is 0 Å². The van der Waals surface area contributed by atoms with Crippen molar-refractivity contribution in [3.05, 3.63) is 58.7 Å². The Morgan fingerprint density at radius 1 is 0.676 bits per heavy atom. The third kappa shape index (κ3) is 7.09. The maximum absolute atomic E-state index is 14.9. The van der Waals surface area contributed by atoms with Gasteiger partial charge in [0, 0.05) is 16.7 Å². The molecule has 3 rings (SSSR count). The molecule has 0 spiro atoms. The van der Waals surface area contributed by atoms with Crippen LogP contribution in [-0.2, 0) is 0 Å². The fourth-order valence-electron chi connectivity index (χ4n) is 5.41. The molecule has 34 heavy (non-hydrogen) atoms. The molecule has 0 aliphatic heterocycles. The summed E-state index contributed by atoms with van der Waals surface area (Å²) < 4.78 is 57.1. The molecule has 0 amide bonds. The predicted molar refractivity (Wildman–Crippen MR) is 133 cm³/mol. The second kappa shape index (κ2) is 13.3. The van der Waals surface area contributed by atoms with E-state index < -0.39 is 28.8 Å². The first kappa shape index (κ1) is 26.8. The van der Waals surface area contributed by atoms with E-state index in [1.54, 1.807) is 6.07 Å². The molecule has 1 fully saturated rings. The molecule has 0 N–H and O–H groups in total. The van der Waals surface area contributed by atoms with Crippen molar-refractivity contribution >= 4 is 0 Å². The Hall–Kier alpha value is -1.84. The molecule has 0 saturated heterocycles. The van der Waals surface area contributed by atoms with Crippen molar-refractivity contribution in [2.75, 3.05) is 0 Å². The average molecular weight is 477 g/mol. The van der Waals surface area contributed by atoms with Gasteiger partial charge in [-0.05, 0) is 62.1 Å². The summed E-state index contributed by atoms with van der Waals surface area (Å²) in [6.45, 7) is 3.42. The number of hydrogen-bond acceptors (Lipinski definition) is 0. The van der Waals surface area contributed by atoms with Gasteiger partial charge in [0.2, 0.25) is 0 Å². The van der Waals surface area contributed by atoms with Crippen LogP contribution in [0.4, 0.5) is 17.6 Å². The number of benzene rings is 2. The van der Waals surface area contributed by atoms with Crippen molar-refractivity contribution in [2.24, 2.45) is 5.92 Å². The van der Waals surface area contributed by atoms with Crippen LogP contribution in [0.2, 0.25) is 0 Å². The summed E-state index contributed by atoms with van der Waals surface area (Å²) >= 11 is 0. The van der Waals surface area contributed by atoms with E-state index in [0.29, 0.717) is 5.92 Å². The summed E-state index contributed by atoms with van der Waals surface area (Å²) in [7, 11) is 0. The van der Waals surface area contributed by atoms with Crippen LogP contribution in [0.15, 0.2) is 24.3 Å². The lowest BCUT2D eigenvalue weighted by molar-refractivity contribution is 0.301. The summed E-state index contributed by atoms with van der Waals surface area (Å²) in [5.74, 6) is -2.92. The van der Waals surface area contributed by atoms with Gasteiger partial charge in [-0.3, -0.25) is 0 Å². The Morgan fingerprint density at radius 3 is 1.91 bits per heavy atom. The van der Waals surface area contributed by atoms with Gasteiger partial charge in [0.25, 0.3) is 0 Å². The van der Waals surface area contributed by atoms with Gasteiger partial charge in [0.1, 0.15) is 11.6 Å². The van der Waals surface area contributed by atoms with Crippen molar-refractivity contribution < 1.29 is 17.6 Å². The molecule has 0 atom stereocenters. The zero-order chi connectivity index (χ0) is 24.5. The van der Waals surface area contributed by atoms with Gasteiger partial charge in [-0.2, -0.15) is 0 Å². The molecular formula is C30H40F4. The fourth-order valence-corrected chi connectivity index (χ4v) is 5.41. The van der Waals surface area contributed by atoms with Gasteiger partial charge in [0.15, 0.2) is 11.6 Å². The lowest BCUT2D eigenvalue weighted by Crippen LogP contribution is -2.13. The van der Waals surface area contributed by atoms with E-state index in [-0.39, 0.29) is 11.1 Å². The molecule has 0 heterocycles. The molecule has 2 aromatic carbocycles. The van der Waals surface area contributed by atoms with E-state index in [4.69, 9.17) is 0 Å². The van der Waals surface area contributed by atoms with Crippen LogP contribution in [-0.4, -0.2) is 0 Å². The highest BCUT2D eigenvalue weighted by atomic mass is 19.2. The van der Waals surface area contributed by atoms with E-state index >= 15 is 0 Å². The van der Waals surface area contributed by atoms with E-state index in [2.05, 4.69) is 6.92 Å². The molecule has 2 aromatic rings. The highest BCUT2D eigenvalue weighted by Gasteiger charge is 2.24. The zero-order valence-electron chi connectivity index (χ0n) is 20.9. The zero-order valence-corrected chi connectivity index (χ0v) is 20.9. The van der Waals surface area contributed by atoms with E-state index in [0.717, 1.165) is 43.2 Å². The Morgan fingerprint density at radius 2 is 1.29 bits per heavy atom. The average Bonchev–Trinajstić information content (AvgIpc) is 2.84. The van der Waals surface area contributed by atoms with Crippen LogP contribution in [0.1, 0.15) is 114 Å². The smallest absolute Gasteiger partial charge is 0.167 e. The molecule has 0 aromatic heterocycles.